The molecule has 4 amide bonds. The molecule has 1 atom stereocenters. The van der Waals surface area contributed by atoms with E-state index in [-0.39, 0.29) is 5.91 Å². The molecule has 0 bridgehead atoms. The summed E-state index contributed by atoms with van der Waals surface area (Å²) in [5.74, 6) is -0.814. The highest BCUT2D eigenvalue weighted by molar-refractivity contribution is 6.07. The minimum atomic E-state index is -0.762. The molecule has 182 valence electrons. The standard InChI is InChI=1S/C27H26N6O3/c34-25(22-15-28-23-13-7-6-12-21(22)23)29-31-27(36)32-30-26(35)24-14-19-10-4-5-11-20(19)17-33(24)16-18-8-2-1-3-9-18/h1-13,15,24,28H,14,16-17H2,(H,29,34)(H,30,35)(H2,31,32,36). The number of amides is 4. The lowest BCUT2D eigenvalue weighted by molar-refractivity contribution is -0.128. The Morgan fingerprint density at radius 3 is 2.33 bits per heavy atom. The molecular weight excluding hydrogens is 456 g/mol. The first-order valence-corrected chi connectivity index (χ1v) is 11.7. The van der Waals surface area contributed by atoms with Gasteiger partial charge < -0.3 is 4.98 Å². The molecule has 3 aromatic carbocycles. The fourth-order valence-corrected chi connectivity index (χ4v) is 4.49. The van der Waals surface area contributed by atoms with Crippen LogP contribution in [-0.2, 0) is 24.3 Å². The summed E-state index contributed by atoms with van der Waals surface area (Å²) in [7, 11) is 0. The molecule has 5 N–H and O–H groups in total. The summed E-state index contributed by atoms with van der Waals surface area (Å²) in [5, 5.41) is 0.738. The molecule has 0 saturated heterocycles. The first-order chi connectivity index (χ1) is 17.6. The normalized spacial score (nSPS) is 15.1. The van der Waals surface area contributed by atoms with E-state index in [1.165, 1.54) is 5.56 Å². The molecule has 1 aliphatic heterocycles. The number of benzene rings is 3. The highest BCUT2D eigenvalue weighted by Gasteiger charge is 2.31. The summed E-state index contributed by atoms with van der Waals surface area (Å²) < 4.78 is 0. The van der Waals surface area contributed by atoms with Gasteiger partial charge in [-0.2, -0.15) is 0 Å². The number of carbonyl (C=O) groups is 3. The second kappa shape index (κ2) is 10.3. The minimum absolute atomic E-state index is 0.335. The van der Waals surface area contributed by atoms with Gasteiger partial charge in [0.1, 0.15) is 0 Å². The van der Waals surface area contributed by atoms with Crippen molar-refractivity contribution in [3.63, 3.8) is 0 Å². The van der Waals surface area contributed by atoms with Crippen LogP contribution in [0, 0.1) is 0 Å². The largest absolute Gasteiger partial charge is 0.360 e. The van der Waals surface area contributed by atoms with E-state index in [9.17, 15) is 14.4 Å². The Labute approximate surface area is 207 Å². The number of aromatic nitrogens is 1. The summed E-state index contributed by atoms with van der Waals surface area (Å²) in [4.78, 5) is 42.9. The van der Waals surface area contributed by atoms with Crippen molar-refractivity contribution < 1.29 is 14.4 Å². The molecular formula is C27H26N6O3. The van der Waals surface area contributed by atoms with Gasteiger partial charge in [0.25, 0.3) is 11.8 Å². The van der Waals surface area contributed by atoms with Crippen molar-refractivity contribution in [2.45, 2.75) is 25.6 Å². The van der Waals surface area contributed by atoms with E-state index in [1.54, 1.807) is 6.20 Å². The van der Waals surface area contributed by atoms with E-state index in [0.717, 1.165) is 22.0 Å². The average Bonchev–Trinajstić information content (AvgIpc) is 3.35. The van der Waals surface area contributed by atoms with Crippen molar-refractivity contribution in [3.8, 4) is 0 Å². The Morgan fingerprint density at radius 2 is 1.50 bits per heavy atom. The number of hydrazine groups is 2. The molecule has 0 saturated carbocycles. The van der Waals surface area contributed by atoms with Crippen molar-refractivity contribution in [2.75, 3.05) is 0 Å². The third-order valence-corrected chi connectivity index (χ3v) is 6.30. The number of urea groups is 1. The van der Waals surface area contributed by atoms with Gasteiger partial charge in [-0.05, 0) is 29.2 Å². The van der Waals surface area contributed by atoms with Crippen LogP contribution in [0.5, 0.6) is 0 Å². The summed E-state index contributed by atoms with van der Waals surface area (Å²) in [6, 6.07) is 24.1. The number of fused-ring (bicyclic) bond motifs is 2. The molecule has 0 aliphatic carbocycles. The van der Waals surface area contributed by atoms with Crippen LogP contribution in [-0.4, -0.2) is 33.8 Å². The second-order valence-electron chi connectivity index (χ2n) is 8.65. The zero-order valence-corrected chi connectivity index (χ0v) is 19.5. The van der Waals surface area contributed by atoms with Gasteiger partial charge in [0.15, 0.2) is 0 Å². The lowest BCUT2D eigenvalue weighted by Crippen LogP contribution is -2.57. The van der Waals surface area contributed by atoms with E-state index in [0.29, 0.717) is 25.1 Å². The first kappa shape index (κ1) is 23.1. The number of hydrogen-bond acceptors (Lipinski definition) is 4. The molecule has 9 heteroatoms. The van der Waals surface area contributed by atoms with Gasteiger partial charge in [-0.25, -0.2) is 15.6 Å². The van der Waals surface area contributed by atoms with Gasteiger partial charge in [-0.1, -0.05) is 72.8 Å². The van der Waals surface area contributed by atoms with Gasteiger partial charge in [-0.15, -0.1) is 0 Å². The Bertz CT molecular complexity index is 1400. The molecule has 1 unspecified atom stereocenters. The van der Waals surface area contributed by atoms with Crippen molar-refractivity contribution in [3.05, 3.63) is 107 Å². The van der Waals surface area contributed by atoms with Crippen LogP contribution in [0.3, 0.4) is 0 Å². The molecule has 5 rings (SSSR count). The van der Waals surface area contributed by atoms with Gasteiger partial charge >= 0.3 is 6.03 Å². The summed E-state index contributed by atoms with van der Waals surface area (Å²) in [6.07, 6.45) is 2.10. The number of para-hydroxylation sites is 1. The predicted octanol–water partition coefficient (Wildman–Crippen LogP) is 2.77. The number of aromatic amines is 1. The second-order valence-corrected chi connectivity index (χ2v) is 8.65. The van der Waals surface area contributed by atoms with E-state index < -0.39 is 18.0 Å². The van der Waals surface area contributed by atoms with Crippen LogP contribution >= 0.6 is 0 Å². The Morgan fingerprint density at radius 1 is 0.806 bits per heavy atom. The minimum Gasteiger partial charge on any atom is -0.360 e. The van der Waals surface area contributed by atoms with Crippen LogP contribution in [0.2, 0.25) is 0 Å². The van der Waals surface area contributed by atoms with Crippen molar-refractivity contribution in [1.82, 2.24) is 31.6 Å². The SMILES string of the molecule is O=C(NNC(=O)c1c[nH]c2ccccc12)NNC(=O)C1Cc2ccccc2CN1Cc1ccccc1. The Balaban J connectivity index is 1.19. The third-order valence-electron chi connectivity index (χ3n) is 6.30. The van der Waals surface area contributed by atoms with Crippen molar-refractivity contribution in [2.24, 2.45) is 0 Å². The third kappa shape index (κ3) is 5.06. The quantitative estimate of drug-likeness (QED) is 0.288. The molecule has 0 fully saturated rings. The van der Waals surface area contributed by atoms with E-state index in [1.807, 2.05) is 72.8 Å². The first-order valence-electron chi connectivity index (χ1n) is 11.7. The van der Waals surface area contributed by atoms with Gasteiger partial charge in [0.2, 0.25) is 0 Å². The van der Waals surface area contributed by atoms with E-state index >= 15 is 0 Å². The number of nitrogens with zero attached hydrogens (tertiary/aromatic N) is 1. The number of hydrogen-bond donors (Lipinski definition) is 5. The maximum absolute atomic E-state index is 13.1. The van der Waals surface area contributed by atoms with Crippen LogP contribution in [0.25, 0.3) is 10.9 Å². The number of carbonyl (C=O) groups excluding carboxylic acids is 3. The average molecular weight is 483 g/mol. The van der Waals surface area contributed by atoms with E-state index in [4.69, 9.17) is 0 Å². The lowest BCUT2D eigenvalue weighted by atomic mass is 9.93. The summed E-state index contributed by atoms with van der Waals surface area (Å²) >= 11 is 0. The summed E-state index contributed by atoms with van der Waals surface area (Å²) in [6.45, 7) is 1.22. The summed E-state index contributed by atoms with van der Waals surface area (Å²) in [5.41, 5.74) is 14.0. The molecule has 1 aromatic heterocycles. The Kier molecular flexibility index (Phi) is 6.63. The smallest absolute Gasteiger partial charge is 0.352 e. The molecule has 2 heterocycles. The fraction of sp³-hybridized carbons (Fsp3) is 0.148. The maximum Gasteiger partial charge on any atom is 0.352 e. The molecule has 1 aliphatic rings. The van der Waals surface area contributed by atoms with Gasteiger partial charge in [-0.3, -0.25) is 25.3 Å². The van der Waals surface area contributed by atoms with Crippen LogP contribution in [0.1, 0.15) is 27.0 Å². The number of rotatable bonds is 4. The monoisotopic (exact) mass is 482 g/mol. The lowest BCUT2D eigenvalue weighted by Gasteiger charge is -2.36. The molecule has 0 spiro atoms. The zero-order valence-electron chi connectivity index (χ0n) is 19.5. The predicted molar refractivity (Wildman–Crippen MR) is 135 cm³/mol. The van der Waals surface area contributed by atoms with Crippen molar-refractivity contribution >= 4 is 28.7 Å². The molecule has 4 aromatic rings. The molecule has 36 heavy (non-hydrogen) atoms. The fourth-order valence-electron chi connectivity index (χ4n) is 4.49. The van der Waals surface area contributed by atoms with Crippen LogP contribution in [0.4, 0.5) is 4.79 Å². The topological polar surface area (TPSA) is 118 Å². The molecule has 9 nitrogen and oxygen atoms in total. The van der Waals surface area contributed by atoms with Gasteiger partial charge in [0, 0.05) is 30.2 Å². The highest BCUT2D eigenvalue weighted by atomic mass is 16.2. The number of H-pyrrole nitrogens is 1. The molecule has 0 radical (unpaired) electrons. The number of nitrogens with one attached hydrogen (secondary N) is 5. The maximum atomic E-state index is 13.1. The zero-order chi connectivity index (χ0) is 24.9. The van der Waals surface area contributed by atoms with Crippen LogP contribution < -0.4 is 21.7 Å². The Hall–Kier alpha value is -4.63. The highest BCUT2D eigenvalue weighted by Crippen LogP contribution is 2.25. The van der Waals surface area contributed by atoms with Crippen LogP contribution in [0.15, 0.2) is 85.1 Å². The van der Waals surface area contributed by atoms with Crippen molar-refractivity contribution in [1.29, 1.82) is 0 Å². The van der Waals surface area contributed by atoms with Gasteiger partial charge in [0.05, 0.1) is 11.6 Å². The van der Waals surface area contributed by atoms with E-state index in [2.05, 4.69) is 37.7 Å².